The highest BCUT2D eigenvalue weighted by atomic mass is 16.3. The van der Waals surface area contributed by atoms with Gasteiger partial charge in [-0.15, -0.1) is 0 Å². The third kappa shape index (κ3) is 3.09. The lowest BCUT2D eigenvalue weighted by atomic mass is 9.94. The first-order chi connectivity index (χ1) is 18.3. The molecular weight excluding hydrogens is 450 g/mol. The topological polar surface area (TPSA) is 26.0 Å². The number of benzene rings is 6. The van der Waals surface area contributed by atoms with E-state index in [-0.39, 0.29) is 0 Å². The minimum Gasteiger partial charge on any atom is -0.456 e. The van der Waals surface area contributed by atoms with Crippen LogP contribution in [-0.4, -0.2) is 4.98 Å². The first-order valence-corrected chi connectivity index (χ1v) is 12.6. The Bertz CT molecular complexity index is 2120. The fourth-order valence-corrected chi connectivity index (χ4v) is 5.67. The molecule has 0 N–H and O–H groups in total. The Morgan fingerprint density at radius 1 is 0.432 bits per heavy atom. The molecule has 0 amide bonds. The molecule has 0 saturated carbocycles. The summed E-state index contributed by atoms with van der Waals surface area (Å²) in [5.74, 6) is 0. The molecular formula is C35H21NO. The van der Waals surface area contributed by atoms with Crippen molar-refractivity contribution < 1.29 is 4.42 Å². The van der Waals surface area contributed by atoms with Gasteiger partial charge in [0.15, 0.2) is 0 Å². The summed E-state index contributed by atoms with van der Waals surface area (Å²) in [6, 6.07) is 44.9. The van der Waals surface area contributed by atoms with Gasteiger partial charge in [0, 0.05) is 32.5 Å². The van der Waals surface area contributed by atoms with E-state index in [0.717, 1.165) is 38.7 Å². The van der Waals surface area contributed by atoms with E-state index in [4.69, 9.17) is 9.40 Å². The van der Waals surface area contributed by atoms with Crippen LogP contribution in [0.3, 0.4) is 0 Å². The predicted octanol–water partition coefficient (Wildman–Crippen LogP) is 9.77. The summed E-state index contributed by atoms with van der Waals surface area (Å²) < 4.78 is 6.02. The normalized spacial score (nSPS) is 11.8. The molecule has 37 heavy (non-hydrogen) atoms. The van der Waals surface area contributed by atoms with Crippen molar-refractivity contribution in [3.63, 3.8) is 0 Å². The van der Waals surface area contributed by atoms with Crippen LogP contribution < -0.4 is 0 Å². The lowest BCUT2D eigenvalue weighted by molar-refractivity contribution is 0.669. The molecule has 8 rings (SSSR count). The third-order valence-corrected chi connectivity index (χ3v) is 7.46. The van der Waals surface area contributed by atoms with Gasteiger partial charge < -0.3 is 4.42 Å². The van der Waals surface area contributed by atoms with E-state index in [1.54, 1.807) is 0 Å². The summed E-state index contributed by atoms with van der Waals surface area (Å²) >= 11 is 0. The number of nitrogens with zero attached hydrogens (tertiary/aromatic N) is 1. The van der Waals surface area contributed by atoms with E-state index in [1.165, 1.54) is 38.1 Å². The number of hydrogen-bond acceptors (Lipinski definition) is 2. The first kappa shape index (κ1) is 20.3. The summed E-state index contributed by atoms with van der Waals surface area (Å²) in [6.45, 7) is 0. The summed E-state index contributed by atoms with van der Waals surface area (Å²) in [5, 5.41) is 8.43. The highest BCUT2D eigenvalue weighted by Crippen LogP contribution is 2.38. The van der Waals surface area contributed by atoms with Gasteiger partial charge in [0.05, 0.1) is 11.2 Å². The van der Waals surface area contributed by atoms with Crippen LogP contribution in [0.4, 0.5) is 0 Å². The van der Waals surface area contributed by atoms with Crippen molar-refractivity contribution in [1.29, 1.82) is 0 Å². The van der Waals surface area contributed by atoms with Crippen LogP contribution in [0.25, 0.3) is 76.8 Å². The molecule has 0 spiro atoms. The molecule has 2 heterocycles. The molecule has 0 fully saturated rings. The second-order valence-corrected chi connectivity index (χ2v) is 9.57. The molecule has 0 bridgehead atoms. The molecule has 2 nitrogen and oxygen atoms in total. The van der Waals surface area contributed by atoms with Gasteiger partial charge in [-0.1, -0.05) is 103 Å². The summed E-state index contributed by atoms with van der Waals surface area (Å²) in [5.41, 5.74) is 7.33. The van der Waals surface area contributed by atoms with Crippen LogP contribution >= 0.6 is 0 Å². The molecule has 0 atom stereocenters. The number of furan rings is 1. The standard InChI is InChI=1S/C35H21NO/c1-2-8-26-23(7-1)17-19-29-34(26)28-10-3-5-11-31(28)36-35(29)24-15-13-22(14-16-24)25-18-20-33-30(21-25)27-9-4-6-12-32(27)37-33/h1-21H. The molecule has 0 aliphatic heterocycles. The molecule has 0 saturated heterocycles. The van der Waals surface area contributed by atoms with E-state index >= 15 is 0 Å². The predicted molar refractivity (Wildman–Crippen MR) is 155 cm³/mol. The van der Waals surface area contributed by atoms with Gasteiger partial charge in [-0.3, -0.25) is 0 Å². The largest absolute Gasteiger partial charge is 0.456 e. The van der Waals surface area contributed by atoms with Gasteiger partial charge in [0.1, 0.15) is 11.2 Å². The van der Waals surface area contributed by atoms with Gasteiger partial charge >= 0.3 is 0 Å². The molecule has 8 aromatic rings. The van der Waals surface area contributed by atoms with Crippen molar-refractivity contribution in [2.24, 2.45) is 0 Å². The second kappa shape index (κ2) is 7.78. The maximum Gasteiger partial charge on any atom is 0.135 e. The lowest BCUT2D eigenvalue weighted by Gasteiger charge is -2.13. The highest BCUT2D eigenvalue weighted by Gasteiger charge is 2.13. The Hall–Kier alpha value is -4.95. The minimum absolute atomic E-state index is 0.917. The van der Waals surface area contributed by atoms with E-state index in [9.17, 15) is 0 Å². The number of aromatic nitrogens is 1. The smallest absolute Gasteiger partial charge is 0.135 e. The van der Waals surface area contributed by atoms with Crippen molar-refractivity contribution in [3.8, 4) is 22.4 Å². The molecule has 172 valence electrons. The minimum atomic E-state index is 0.917. The van der Waals surface area contributed by atoms with Crippen molar-refractivity contribution >= 4 is 54.4 Å². The highest BCUT2D eigenvalue weighted by molar-refractivity contribution is 6.22. The van der Waals surface area contributed by atoms with Gasteiger partial charge in [-0.25, -0.2) is 4.98 Å². The zero-order valence-electron chi connectivity index (χ0n) is 20.0. The Morgan fingerprint density at radius 2 is 1.11 bits per heavy atom. The van der Waals surface area contributed by atoms with E-state index in [1.807, 2.05) is 12.1 Å². The average Bonchev–Trinajstić information content (AvgIpc) is 3.34. The zero-order chi connectivity index (χ0) is 24.3. The van der Waals surface area contributed by atoms with Gasteiger partial charge in [-0.05, 0) is 46.2 Å². The van der Waals surface area contributed by atoms with Crippen LogP contribution in [0, 0.1) is 0 Å². The van der Waals surface area contributed by atoms with Crippen molar-refractivity contribution in [1.82, 2.24) is 4.98 Å². The fourth-order valence-electron chi connectivity index (χ4n) is 5.67. The number of fused-ring (bicyclic) bond motifs is 8. The molecule has 0 radical (unpaired) electrons. The summed E-state index contributed by atoms with van der Waals surface area (Å²) in [4.78, 5) is 5.14. The monoisotopic (exact) mass is 471 g/mol. The van der Waals surface area contributed by atoms with E-state index in [0.29, 0.717) is 0 Å². The third-order valence-electron chi connectivity index (χ3n) is 7.46. The zero-order valence-corrected chi connectivity index (χ0v) is 20.0. The Kier molecular flexibility index (Phi) is 4.26. The van der Waals surface area contributed by atoms with Crippen LogP contribution in [0.15, 0.2) is 132 Å². The molecule has 0 aliphatic rings. The van der Waals surface area contributed by atoms with E-state index in [2.05, 4.69) is 115 Å². The quantitative estimate of drug-likeness (QED) is 0.235. The van der Waals surface area contributed by atoms with Gasteiger partial charge in [-0.2, -0.15) is 0 Å². The maximum absolute atomic E-state index is 6.02. The maximum atomic E-state index is 6.02. The van der Waals surface area contributed by atoms with Crippen molar-refractivity contribution in [3.05, 3.63) is 127 Å². The summed E-state index contributed by atoms with van der Waals surface area (Å²) in [6.07, 6.45) is 0. The van der Waals surface area contributed by atoms with Crippen LogP contribution in [0.2, 0.25) is 0 Å². The van der Waals surface area contributed by atoms with Gasteiger partial charge in [0.2, 0.25) is 0 Å². The SMILES string of the molecule is c1ccc2c(c1)ccc1c(-c3ccc(-c4ccc5oc6ccccc6c5c4)cc3)nc3ccccc3c12. The molecule has 0 unspecified atom stereocenters. The molecule has 2 aromatic heterocycles. The van der Waals surface area contributed by atoms with Gasteiger partial charge in [0.25, 0.3) is 0 Å². The number of pyridine rings is 1. The Morgan fingerprint density at radius 3 is 2.00 bits per heavy atom. The van der Waals surface area contributed by atoms with Crippen LogP contribution in [-0.2, 0) is 0 Å². The number of para-hydroxylation sites is 2. The van der Waals surface area contributed by atoms with Crippen molar-refractivity contribution in [2.75, 3.05) is 0 Å². The average molecular weight is 472 g/mol. The first-order valence-electron chi connectivity index (χ1n) is 12.6. The lowest BCUT2D eigenvalue weighted by Crippen LogP contribution is -1.91. The number of rotatable bonds is 2. The van der Waals surface area contributed by atoms with E-state index < -0.39 is 0 Å². The molecule has 0 aliphatic carbocycles. The molecule has 6 aromatic carbocycles. The fraction of sp³-hybridized carbons (Fsp3) is 0. The van der Waals surface area contributed by atoms with Crippen molar-refractivity contribution in [2.45, 2.75) is 0 Å². The summed E-state index contributed by atoms with van der Waals surface area (Å²) in [7, 11) is 0. The Labute approximate surface area is 213 Å². The molecule has 2 heteroatoms. The number of hydrogen-bond donors (Lipinski definition) is 0. The Balaban J connectivity index is 1.30. The second-order valence-electron chi connectivity index (χ2n) is 9.57. The van der Waals surface area contributed by atoms with Crippen LogP contribution in [0.1, 0.15) is 0 Å². The van der Waals surface area contributed by atoms with Crippen LogP contribution in [0.5, 0.6) is 0 Å².